The molecule has 0 N–H and O–H groups in total. The topological polar surface area (TPSA) is 42.0 Å². The summed E-state index contributed by atoms with van der Waals surface area (Å²) >= 11 is 1.79. The van der Waals surface area contributed by atoms with Gasteiger partial charge in [0.1, 0.15) is 0 Å². The molecule has 0 unspecified atom stereocenters. The van der Waals surface area contributed by atoms with E-state index in [1.54, 1.807) is 16.4 Å². The number of likely N-dealkylation sites (tertiary alicyclic amines) is 1. The van der Waals surface area contributed by atoms with Gasteiger partial charge in [-0.2, -0.15) is 0 Å². The lowest BCUT2D eigenvalue weighted by molar-refractivity contribution is -0.204. The second kappa shape index (κ2) is 6.89. The van der Waals surface area contributed by atoms with Crippen LogP contribution in [0.4, 0.5) is 0 Å². The molecular weight excluding hydrogens is 312 g/mol. The molecule has 3 aliphatic rings. The highest BCUT2D eigenvalue weighted by atomic mass is 32.1. The van der Waals surface area contributed by atoms with Gasteiger partial charge in [-0.1, -0.05) is 6.07 Å². The molecule has 0 spiro atoms. The van der Waals surface area contributed by atoms with Crippen LogP contribution in [0.2, 0.25) is 0 Å². The van der Waals surface area contributed by atoms with Gasteiger partial charge in [-0.05, 0) is 37.1 Å². The number of fused-ring (bicyclic) bond motifs is 1. The van der Waals surface area contributed by atoms with E-state index < -0.39 is 0 Å². The number of ether oxygens (including phenoxy) is 1. The van der Waals surface area contributed by atoms with Gasteiger partial charge in [-0.15, -0.1) is 11.3 Å². The van der Waals surface area contributed by atoms with Gasteiger partial charge in [0, 0.05) is 37.2 Å². The molecule has 1 amide bonds. The smallest absolute Gasteiger partial charge is 0.250 e. The van der Waals surface area contributed by atoms with Gasteiger partial charge < -0.3 is 4.74 Å². The van der Waals surface area contributed by atoms with Gasteiger partial charge in [0.25, 0.3) is 5.91 Å². The van der Waals surface area contributed by atoms with Crippen LogP contribution in [0.5, 0.6) is 0 Å². The molecule has 0 aliphatic carbocycles. The number of amides is 1. The van der Waals surface area contributed by atoms with Gasteiger partial charge in [0.05, 0.1) is 18.6 Å². The summed E-state index contributed by atoms with van der Waals surface area (Å²) < 4.78 is 5.92. The van der Waals surface area contributed by atoms with Crippen LogP contribution in [0.1, 0.15) is 30.6 Å². The molecule has 1 aromatic rings. The van der Waals surface area contributed by atoms with Crippen LogP contribution in [0, 0.1) is 5.92 Å². The monoisotopic (exact) mass is 336 g/mol. The Bertz CT molecular complexity index is 530. The lowest BCUT2D eigenvalue weighted by Crippen LogP contribution is -2.53. The highest BCUT2D eigenvalue weighted by Gasteiger charge is 2.43. The van der Waals surface area contributed by atoms with E-state index in [-0.39, 0.29) is 17.9 Å². The van der Waals surface area contributed by atoms with Crippen molar-refractivity contribution in [1.29, 1.82) is 0 Å². The first-order valence-electron chi connectivity index (χ1n) is 8.63. The Labute approximate surface area is 141 Å². The normalized spacial score (nSPS) is 32.0. The van der Waals surface area contributed by atoms with Crippen LogP contribution < -0.4 is 0 Å². The van der Waals surface area contributed by atoms with Crippen molar-refractivity contribution in [2.45, 2.75) is 44.4 Å². The Kier molecular flexibility index (Phi) is 4.66. The summed E-state index contributed by atoms with van der Waals surface area (Å²) in [5.74, 6) is 0.141. The first-order chi connectivity index (χ1) is 11.3. The maximum absolute atomic E-state index is 12.8. The van der Waals surface area contributed by atoms with E-state index in [9.17, 15) is 4.79 Å². The fraction of sp³-hybridized carbons (Fsp3) is 0.706. The molecule has 0 aromatic carbocycles. The number of piperidine rings is 1. The van der Waals surface area contributed by atoms with Crippen LogP contribution >= 0.6 is 11.3 Å². The summed E-state index contributed by atoms with van der Waals surface area (Å²) in [6.07, 6.45) is 4.20. The van der Waals surface area contributed by atoms with Crippen LogP contribution in [0.3, 0.4) is 0 Å². The predicted molar refractivity (Wildman–Crippen MR) is 87.9 cm³/mol. The summed E-state index contributed by atoms with van der Waals surface area (Å²) in [4.78, 5) is 22.2. The van der Waals surface area contributed by atoms with Gasteiger partial charge in [-0.3, -0.25) is 14.5 Å². The van der Waals surface area contributed by atoms with Crippen molar-refractivity contribution in [2.75, 3.05) is 26.3 Å². The van der Waals surface area contributed by atoms with Crippen molar-refractivity contribution in [3.63, 3.8) is 0 Å². The molecule has 5 nitrogen and oxygen atoms in total. The maximum Gasteiger partial charge on any atom is 0.250 e. The molecule has 126 valence electrons. The zero-order valence-corrected chi connectivity index (χ0v) is 14.2. The molecule has 4 rings (SSSR count). The summed E-state index contributed by atoms with van der Waals surface area (Å²) in [6.45, 7) is 3.96. The van der Waals surface area contributed by atoms with Crippen molar-refractivity contribution in [1.82, 2.24) is 9.96 Å². The second-order valence-corrected chi connectivity index (χ2v) is 7.72. The zero-order valence-electron chi connectivity index (χ0n) is 13.4. The lowest BCUT2D eigenvalue weighted by atomic mass is 9.89. The number of thiophene rings is 1. The number of rotatable bonds is 3. The molecule has 3 fully saturated rings. The van der Waals surface area contributed by atoms with Crippen LogP contribution in [0.25, 0.3) is 0 Å². The average molecular weight is 336 g/mol. The fourth-order valence-corrected chi connectivity index (χ4v) is 4.72. The SMILES string of the molecule is O=C([C@H]1C[C@H]2OCC[C@H]2N(Cc2cccs2)C1)N1CCCCO1. The molecule has 1 aromatic heterocycles. The Hall–Kier alpha value is -0.950. The Morgan fingerprint density at radius 2 is 2.30 bits per heavy atom. The van der Waals surface area contributed by atoms with Crippen molar-refractivity contribution in [3.05, 3.63) is 22.4 Å². The average Bonchev–Trinajstić information content (AvgIpc) is 3.26. The first kappa shape index (κ1) is 15.6. The van der Waals surface area contributed by atoms with Gasteiger partial charge >= 0.3 is 0 Å². The van der Waals surface area contributed by atoms with Crippen LogP contribution in [-0.4, -0.2) is 54.3 Å². The molecular formula is C17H24N2O3S. The van der Waals surface area contributed by atoms with Gasteiger partial charge in [-0.25, -0.2) is 5.06 Å². The first-order valence-corrected chi connectivity index (χ1v) is 9.51. The number of carbonyl (C=O) groups excluding carboxylic acids is 1. The van der Waals surface area contributed by atoms with Crippen molar-refractivity contribution >= 4 is 17.2 Å². The van der Waals surface area contributed by atoms with E-state index >= 15 is 0 Å². The van der Waals surface area contributed by atoms with E-state index in [0.717, 1.165) is 51.9 Å². The van der Waals surface area contributed by atoms with E-state index in [0.29, 0.717) is 12.6 Å². The Morgan fingerprint density at radius 1 is 1.35 bits per heavy atom. The van der Waals surface area contributed by atoms with Crippen molar-refractivity contribution in [3.8, 4) is 0 Å². The third-order valence-electron chi connectivity index (χ3n) is 5.15. The van der Waals surface area contributed by atoms with Crippen molar-refractivity contribution in [2.24, 2.45) is 5.92 Å². The molecule has 0 radical (unpaired) electrons. The van der Waals surface area contributed by atoms with Gasteiger partial charge in [0.2, 0.25) is 0 Å². The maximum atomic E-state index is 12.8. The Morgan fingerprint density at radius 3 is 3.09 bits per heavy atom. The molecule has 0 bridgehead atoms. The molecule has 3 saturated heterocycles. The fourth-order valence-electron chi connectivity index (χ4n) is 3.99. The molecule has 4 heterocycles. The third-order valence-corrected chi connectivity index (χ3v) is 6.01. The molecule has 0 saturated carbocycles. The molecule has 23 heavy (non-hydrogen) atoms. The van der Waals surface area contributed by atoms with Crippen molar-refractivity contribution < 1.29 is 14.4 Å². The lowest BCUT2D eigenvalue weighted by Gasteiger charge is -2.41. The zero-order chi connectivity index (χ0) is 15.6. The molecule has 3 atom stereocenters. The summed E-state index contributed by atoms with van der Waals surface area (Å²) in [6, 6.07) is 4.73. The number of hydroxylamine groups is 2. The number of carbonyl (C=O) groups is 1. The van der Waals surface area contributed by atoms with E-state index in [4.69, 9.17) is 9.57 Å². The standard InChI is InChI=1S/C17H24N2O3S/c20-17(19-6-1-2-7-22-19)13-10-16-15(5-8-21-16)18(11-13)12-14-4-3-9-23-14/h3-4,9,13,15-16H,1-2,5-8,10-12H2/t13-,15+,16+/m0/s1. The van der Waals surface area contributed by atoms with Gasteiger partial charge in [0.15, 0.2) is 0 Å². The Balaban J connectivity index is 1.46. The second-order valence-electron chi connectivity index (χ2n) is 6.69. The minimum Gasteiger partial charge on any atom is -0.377 e. The van der Waals surface area contributed by atoms with E-state index in [2.05, 4.69) is 22.4 Å². The summed E-state index contributed by atoms with van der Waals surface area (Å²) in [5, 5.41) is 3.72. The summed E-state index contributed by atoms with van der Waals surface area (Å²) in [5.41, 5.74) is 0. The van der Waals surface area contributed by atoms with Crippen LogP contribution in [-0.2, 0) is 20.9 Å². The third kappa shape index (κ3) is 3.31. The predicted octanol–water partition coefficient (Wildman–Crippen LogP) is 2.28. The summed E-state index contributed by atoms with van der Waals surface area (Å²) in [7, 11) is 0. The highest BCUT2D eigenvalue weighted by molar-refractivity contribution is 7.09. The quantitative estimate of drug-likeness (QED) is 0.849. The van der Waals surface area contributed by atoms with E-state index in [1.165, 1.54) is 4.88 Å². The minimum atomic E-state index is -0.00703. The number of nitrogens with zero attached hydrogens (tertiary/aromatic N) is 2. The molecule has 3 aliphatic heterocycles. The number of hydrogen-bond donors (Lipinski definition) is 0. The largest absolute Gasteiger partial charge is 0.377 e. The number of hydrogen-bond acceptors (Lipinski definition) is 5. The molecule has 6 heteroatoms. The minimum absolute atomic E-state index is 0.00703. The van der Waals surface area contributed by atoms with Crippen LogP contribution in [0.15, 0.2) is 17.5 Å². The van der Waals surface area contributed by atoms with E-state index in [1.807, 2.05) is 0 Å². The highest BCUT2D eigenvalue weighted by Crippen LogP contribution is 2.34.